The molecule has 1 heterocycles. The lowest BCUT2D eigenvalue weighted by atomic mass is 10.1. The Morgan fingerprint density at radius 2 is 2.21 bits per heavy atom. The van der Waals surface area contributed by atoms with Gasteiger partial charge in [0.2, 0.25) is 0 Å². The normalized spacial score (nSPS) is 10.1. The minimum Gasteiger partial charge on any atom is -0.496 e. The molecule has 0 radical (unpaired) electrons. The Bertz CT molecular complexity index is 423. The first-order valence-electron chi connectivity index (χ1n) is 4.35. The van der Waals surface area contributed by atoms with E-state index >= 15 is 0 Å². The van der Waals surface area contributed by atoms with Gasteiger partial charge in [-0.1, -0.05) is 12.1 Å². The SMILES string of the molecule is COc1c(C)cccc1-c1cscn1. The van der Waals surface area contributed by atoms with Crippen molar-refractivity contribution < 1.29 is 4.74 Å². The molecule has 1 aromatic heterocycles. The van der Waals surface area contributed by atoms with Crippen molar-refractivity contribution in [3.05, 3.63) is 34.7 Å². The minimum absolute atomic E-state index is 0.915. The molecule has 0 spiro atoms. The fourth-order valence-electron chi connectivity index (χ4n) is 1.47. The van der Waals surface area contributed by atoms with E-state index in [0.717, 1.165) is 22.6 Å². The molecular weight excluding hydrogens is 194 g/mol. The third kappa shape index (κ3) is 1.51. The lowest BCUT2D eigenvalue weighted by Gasteiger charge is -2.08. The van der Waals surface area contributed by atoms with Crippen LogP contribution in [0.2, 0.25) is 0 Å². The van der Waals surface area contributed by atoms with E-state index in [4.69, 9.17) is 4.74 Å². The molecule has 0 atom stereocenters. The predicted molar refractivity (Wildman–Crippen MR) is 58.8 cm³/mol. The van der Waals surface area contributed by atoms with Crippen LogP contribution in [0.5, 0.6) is 5.75 Å². The van der Waals surface area contributed by atoms with Gasteiger partial charge in [0.25, 0.3) is 0 Å². The van der Waals surface area contributed by atoms with E-state index in [1.165, 1.54) is 0 Å². The summed E-state index contributed by atoms with van der Waals surface area (Å²) in [6.45, 7) is 2.04. The Balaban J connectivity index is 2.58. The van der Waals surface area contributed by atoms with Crippen LogP contribution >= 0.6 is 11.3 Å². The molecule has 1 aromatic carbocycles. The molecular formula is C11H11NOS. The van der Waals surface area contributed by atoms with Crippen LogP contribution in [0, 0.1) is 6.92 Å². The van der Waals surface area contributed by atoms with Crippen LogP contribution in [-0.2, 0) is 0 Å². The van der Waals surface area contributed by atoms with Gasteiger partial charge in [0, 0.05) is 10.9 Å². The summed E-state index contributed by atoms with van der Waals surface area (Å²) in [5.74, 6) is 0.915. The topological polar surface area (TPSA) is 22.1 Å². The van der Waals surface area contributed by atoms with Gasteiger partial charge in [-0.25, -0.2) is 4.98 Å². The molecule has 2 nitrogen and oxygen atoms in total. The summed E-state index contributed by atoms with van der Waals surface area (Å²) in [6.07, 6.45) is 0. The molecule has 0 bridgehead atoms. The van der Waals surface area contributed by atoms with Gasteiger partial charge in [0.1, 0.15) is 5.75 Å². The van der Waals surface area contributed by atoms with E-state index in [-0.39, 0.29) is 0 Å². The molecule has 0 N–H and O–H groups in total. The van der Waals surface area contributed by atoms with E-state index in [2.05, 4.69) is 4.98 Å². The van der Waals surface area contributed by atoms with Crippen molar-refractivity contribution in [1.29, 1.82) is 0 Å². The summed E-state index contributed by atoms with van der Waals surface area (Å²) in [5, 5.41) is 2.03. The van der Waals surface area contributed by atoms with E-state index in [9.17, 15) is 0 Å². The molecule has 14 heavy (non-hydrogen) atoms. The molecule has 0 aliphatic rings. The highest BCUT2D eigenvalue weighted by atomic mass is 32.1. The molecule has 0 amide bonds. The van der Waals surface area contributed by atoms with Gasteiger partial charge in [-0.2, -0.15) is 0 Å². The second-order valence-electron chi connectivity index (χ2n) is 3.03. The first-order valence-corrected chi connectivity index (χ1v) is 5.29. The number of hydrogen-bond donors (Lipinski definition) is 0. The molecule has 0 unspecified atom stereocenters. The average Bonchev–Trinajstić information content (AvgIpc) is 2.70. The third-order valence-corrected chi connectivity index (χ3v) is 2.71. The summed E-state index contributed by atoms with van der Waals surface area (Å²) < 4.78 is 5.36. The minimum atomic E-state index is 0.915. The number of nitrogens with zero attached hydrogens (tertiary/aromatic N) is 1. The summed E-state index contributed by atoms with van der Waals surface area (Å²) >= 11 is 1.59. The highest BCUT2D eigenvalue weighted by Gasteiger charge is 2.08. The van der Waals surface area contributed by atoms with E-state index in [1.54, 1.807) is 18.4 Å². The van der Waals surface area contributed by atoms with E-state index in [1.807, 2.05) is 36.0 Å². The van der Waals surface area contributed by atoms with Gasteiger partial charge in [0.15, 0.2) is 0 Å². The molecule has 0 saturated carbocycles. The van der Waals surface area contributed by atoms with Gasteiger partial charge in [-0.15, -0.1) is 11.3 Å². The number of benzene rings is 1. The maximum absolute atomic E-state index is 5.36. The maximum Gasteiger partial charge on any atom is 0.131 e. The van der Waals surface area contributed by atoms with Crippen LogP contribution < -0.4 is 4.74 Å². The van der Waals surface area contributed by atoms with Crippen molar-refractivity contribution in [2.24, 2.45) is 0 Å². The fourth-order valence-corrected chi connectivity index (χ4v) is 2.02. The summed E-state index contributed by atoms with van der Waals surface area (Å²) in [4.78, 5) is 4.27. The van der Waals surface area contributed by atoms with Crippen LogP contribution in [0.4, 0.5) is 0 Å². The van der Waals surface area contributed by atoms with Crippen molar-refractivity contribution in [2.75, 3.05) is 7.11 Å². The number of ether oxygens (including phenoxy) is 1. The molecule has 3 heteroatoms. The number of rotatable bonds is 2. The van der Waals surface area contributed by atoms with Crippen molar-refractivity contribution in [3.63, 3.8) is 0 Å². The number of thiazole rings is 1. The summed E-state index contributed by atoms with van der Waals surface area (Å²) in [7, 11) is 1.69. The second kappa shape index (κ2) is 3.80. The summed E-state index contributed by atoms with van der Waals surface area (Å²) in [5.41, 5.74) is 5.01. The van der Waals surface area contributed by atoms with E-state index in [0.29, 0.717) is 0 Å². The zero-order valence-corrected chi connectivity index (χ0v) is 8.97. The Morgan fingerprint density at radius 3 is 2.86 bits per heavy atom. The van der Waals surface area contributed by atoms with Crippen LogP contribution in [0.25, 0.3) is 11.3 Å². The van der Waals surface area contributed by atoms with Gasteiger partial charge in [-0.05, 0) is 18.6 Å². The first kappa shape index (κ1) is 9.21. The van der Waals surface area contributed by atoms with Crippen molar-refractivity contribution in [3.8, 4) is 17.0 Å². The molecule has 2 aromatic rings. The lowest BCUT2D eigenvalue weighted by Crippen LogP contribution is -1.90. The predicted octanol–water partition coefficient (Wildman–Crippen LogP) is 3.13. The largest absolute Gasteiger partial charge is 0.496 e. The quantitative estimate of drug-likeness (QED) is 0.751. The molecule has 0 fully saturated rings. The standard InChI is InChI=1S/C11H11NOS/c1-8-4-3-5-9(11(8)13-2)10-6-14-7-12-10/h3-7H,1-2H3. The number of methoxy groups -OCH3 is 1. The molecule has 0 aliphatic heterocycles. The number of para-hydroxylation sites is 1. The van der Waals surface area contributed by atoms with Crippen LogP contribution in [0.15, 0.2) is 29.1 Å². The van der Waals surface area contributed by atoms with Crippen LogP contribution in [0.1, 0.15) is 5.56 Å². The van der Waals surface area contributed by atoms with Gasteiger partial charge in [-0.3, -0.25) is 0 Å². The summed E-state index contributed by atoms with van der Waals surface area (Å²) in [6, 6.07) is 6.09. The zero-order valence-electron chi connectivity index (χ0n) is 8.15. The molecule has 2 rings (SSSR count). The van der Waals surface area contributed by atoms with Crippen molar-refractivity contribution >= 4 is 11.3 Å². The average molecular weight is 205 g/mol. The number of hydrogen-bond acceptors (Lipinski definition) is 3. The van der Waals surface area contributed by atoms with E-state index < -0.39 is 0 Å². The van der Waals surface area contributed by atoms with Crippen LogP contribution in [0.3, 0.4) is 0 Å². The molecule has 72 valence electrons. The molecule has 0 aliphatic carbocycles. The highest BCUT2D eigenvalue weighted by Crippen LogP contribution is 2.31. The fraction of sp³-hybridized carbons (Fsp3) is 0.182. The first-order chi connectivity index (χ1) is 6.83. The Hall–Kier alpha value is -1.35. The second-order valence-corrected chi connectivity index (χ2v) is 3.75. The Morgan fingerprint density at radius 1 is 1.36 bits per heavy atom. The maximum atomic E-state index is 5.36. The Labute approximate surface area is 87.2 Å². The van der Waals surface area contributed by atoms with Gasteiger partial charge >= 0.3 is 0 Å². The monoisotopic (exact) mass is 205 g/mol. The van der Waals surface area contributed by atoms with Crippen LogP contribution in [-0.4, -0.2) is 12.1 Å². The van der Waals surface area contributed by atoms with Crippen molar-refractivity contribution in [2.45, 2.75) is 6.92 Å². The zero-order chi connectivity index (χ0) is 9.97. The molecule has 0 saturated heterocycles. The lowest BCUT2D eigenvalue weighted by molar-refractivity contribution is 0.413. The Kier molecular flexibility index (Phi) is 2.50. The van der Waals surface area contributed by atoms with Gasteiger partial charge in [0.05, 0.1) is 18.3 Å². The third-order valence-electron chi connectivity index (χ3n) is 2.12. The smallest absolute Gasteiger partial charge is 0.131 e. The van der Waals surface area contributed by atoms with Crippen molar-refractivity contribution in [1.82, 2.24) is 4.98 Å². The number of aryl methyl sites for hydroxylation is 1. The number of aromatic nitrogens is 1. The highest BCUT2D eigenvalue weighted by molar-refractivity contribution is 7.07. The van der Waals surface area contributed by atoms with Gasteiger partial charge < -0.3 is 4.74 Å².